The van der Waals surface area contributed by atoms with Crippen molar-refractivity contribution in [1.82, 2.24) is 9.97 Å². The molecule has 0 saturated carbocycles. The highest BCUT2D eigenvalue weighted by Crippen LogP contribution is 2.31. The molecule has 0 unspecified atom stereocenters. The predicted octanol–water partition coefficient (Wildman–Crippen LogP) is 2.96. The lowest BCUT2D eigenvalue weighted by molar-refractivity contribution is 0.0764. The van der Waals surface area contributed by atoms with Gasteiger partial charge in [0.15, 0.2) is 0 Å². The lowest BCUT2D eigenvalue weighted by Crippen LogP contribution is -2.31. The SMILES string of the molecule is O[C@@](Cc1ccncc1)(c1ccccc1)c1ccccn1. The Hall–Kier alpha value is -2.52. The Morgan fingerprint density at radius 1 is 0.810 bits per heavy atom. The maximum absolute atomic E-state index is 11.3. The van der Waals surface area contributed by atoms with Crippen molar-refractivity contribution >= 4 is 0 Å². The standard InChI is InChI=1S/C18H16N2O/c21-18(16-6-2-1-3-7-16,17-8-4-5-11-20-17)14-15-9-12-19-13-10-15/h1-13,21H,14H2/t18-/m0/s1. The smallest absolute Gasteiger partial charge is 0.135 e. The van der Waals surface area contributed by atoms with Crippen LogP contribution in [0.4, 0.5) is 0 Å². The molecule has 0 spiro atoms. The number of pyridine rings is 2. The molecule has 0 amide bonds. The van der Waals surface area contributed by atoms with Crippen LogP contribution in [0.15, 0.2) is 79.3 Å². The van der Waals surface area contributed by atoms with E-state index < -0.39 is 5.60 Å². The minimum atomic E-state index is -1.15. The van der Waals surface area contributed by atoms with Crippen LogP contribution >= 0.6 is 0 Å². The monoisotopic (exact) mass is 276 g/mol. The second-order valence-electron chi connectivity index (χ2n) is 4.97. The van der Waals surface area contributed by atoms with Gasteiger partial charge in [-0.1, -0.05) is 36.4 Å². The fourth-order valence-electron chi connectivity index (χ4n) is 2.46. The Labute approximate surface area is 124 Å². The molecule has 1 aromatic carbocycles. The van der Waals surface area contributed by atoms with E-state index in [4.69, 9.17) is 0 Å². The summed E-state index contributed by atoms with van der Waals surface area (Å²) in [7, 11) is 0. The number of hydrogen-bond acceptors (Lipinski definition) is 3. The molecule has 21 heavy (non-hydrogen) atoms. The summed E-state index contributed by atoms with van der Waals surface area (Å²) in [6.07, 6.45) is 5.63. The van der Waals surface area contributed by atoms with Gasteiger partial charge in [-0.15, -0.1) is 0 Å². The molecule has 3 heteroatoms. The van der Waals surface area contributed by atoms with E-state index in [9.17, 15) is 5.11 Å². The summed E-state index contributed by atoms with van der Waals surface area (Å²) >= 11 is 0. The zero-order valence-corrected chi connectivity index (χ0v) is 11.6. The molecule has 3 rings (SSSR count). The largest absolute Gasteiger partial charge is 0.378 e. The zero-order chi connectivity index (χ0) is 14.5. The van der Waals surface area contributed by atoms with Gasteiger partial charge in [-0.05, 0) is 35.4 Å². The number of aliphatic hydroxyl groups is 1. The maximum Gasteiger partial charge on any atom is 0.135 e. The van der Waals surface area contributed by atoms with Gasteiger partial charge in [-0.2, -0.15) is 0 Å². The van der Waals surface area contributed by atoms with Crippen LogP contribution in [0.25, 0.3) is 0 Å². The average Bonchev–Trinajstić information content (AvgIpc) is 2.57. The third-order valence-corrected chi connectivity index (χ3v) is 3.55. The first-order valence-corrected chi connectivity index (χ1v) is 6.87. The van der Waals surface area contributed by atoms with Gasteiger partial charge in [0, 0.05) is 25.0 Å². The van der Waals surface area contributed by atoms with Crippen LogP contribution in [0.5, 0.6) is 0 Å². The van der Waals surface area contributed by atoms with Crippen LogP contribution in [0.2, 0.25) is 0 Å². The van der Waals surface area contributed by atoms with Crippen LogP contribution in [0, 0.1) is 0 Å². The third kappa shape index (κ3) is 2.83. The summed E-state index contributed by atoms with van der Waals surface area (Å²) in [6, 6.07) is 19.1. The van der Waals surface area contributed by atoms with E-state index in [0.29, 0.717) is 12.1 Å². The molecule has 1 atom stereocenters. The highest BCUT2D eigenvalue weighted by atomic mass is 16.3. The molecule has 0 aliphatic rings. The van der Waals surface area contributed by atoms with Crippen molar-refractivity contribution in [3.8, 4) is 0 Å². The first kappa shape index (κ1) is 13.5. The molecule has 2 heterocycles. The van der Waals surface area contributed by atoms with Crippen molar-refractivity contribution in [2.75, 3.05) is 0 Å². The molecular formula is C18H16N2O. The summed E-state index contributed by atoms with van der Waals surface area (Å²) in [5.41, 5.74) is 1.35. The molecule has 0 aliphatic heterocycles. The number of aromatic nitrogens is 2. The van der Waals surface area contributed by atoms with Gasteiger partial charge in [0.05, 0.1) is 5.69 Å². The molecule has 3 nitrogen and oxygen atoms in total. The quantitative estimate of drug-likeness (QED) is 0.797. The molecule has 0 saturated heterocycles. The van der Waals surface area contributed by atoms with Crippen molar-refractivity contribution in [3.63, 3.8) is 0 Å². The summed E-state index contributed by atoms with van der Waals surface area (Å²) in [5.74, 6) is 0. The summed E-state index contributed by atoms with van der Waals surface area (Å²) in [6.45, 7) is 0. The first-order valence-electron chi connectivity index (χ1n) is 6.87. The molecule has 2 aromatic heterocycles. The topological polar surface area (TPSA) is 46.0 Å². The fourth-order valence-corrected chi connectivity index (χ4v) is 2.46. The zero-order valence-electron chi connectivity index (χ0n) is 11.6. The molecule has 0 aliphatic carbocycles. The minimum absolute atomic E-state index is 0.455. The predicted molar refractivity (Wildman–Crippen MR) is 81.6 cm³/mol. The van der Waals surface area contributed by atoms with Gasteiger partial charge >= 0.3 is 0 Å². The highest BCUT2D eigenvalue weighted by molar-refractivity contribution is 5.34. The van der Waals surface area contributed by atoms with E-state index in [1.54, 1.807) is 18.6 Å². The van der Waals surface area contributed by atoms with Crippen molar-refractivity contribution in [3.05, 3.63) is 96.1 Å². The second-order valence-corrected chi connectivity index (χ2v) is 4.97. The maximum atomic E-state index is 11.3. The van der Waals surface area contributed by atoms with E-state index in [2.05, 4.69) is 9.97 Å². The molecule has 3 aromatic rings. The Bertz CT molecular complexity index is 645. The first-order chi connectivity index (χ1) is 10.3. The molecule has 0 bridgehead atoms. The van der Waals surface area contributed by atoms with Crippen LogP contribution < -0.4 is 0 Å². The van der Waals surface area contributed by atoms with Crippen molar-refractivity contribution in [1.29, 1.82) is 0 Å². The van der Waals surface area contributed by atoms with Gasteiger partial charge < -0.3 is 5.11 Å². The molecule has 1 N–H and O–H groups in total. The normalized spacial score (nSPS) is 13.6. The minimum Gasteiger partial charge on any atom is -0.378 e. The van der Waals surface area contributed by atoms with Gasteiger partial charge in [0.25, 0.3) is 0 Å². The Morgan fingerprint density at radius 2 is 1.52 bits per heavy atom. The van der Waals surface area contributed by atoms with E-state index in [1.165, 1.54) is 0 Å². The van der Waals surface area contributed by atoms with Gasteiger partial charge in [-0.25, -0.2) is 0 Å². The van der Waals surface area contributed by atoms with Crippen molar-refractivity contribution in [2.45, 2.75) is 12.0 Å². The van der Waals surface area contributed by atoms with Crippen LogP contribution in [0.3, 0.4) is 0 Å². The molecule has 0 radical (unpaired) electrons. The van der Waals surface area contributed by atoms with E-state index in [0.717, 1.165) is 11.1 Å². The summed E-state index contributed by atoms with van der Waals surface area (Å²) in [5, 5.41) is 11.3. The third-order valence-electron chi connectivity index (χ3n) is 3.55. The number of hydrogen-bond donors (Lipinski definition) is 1. The number of rotatable bonds is 4. The Morgan fingerprint density at radius 3 is 2.19 bits per heavy atom. The lowest BCUT2D eigenvalue weighted by atomic mass is 9.84. The van der Waals surface area contributed by atoms with Crippen molar-refractivity contribution < 1.29 is 5.11 Å². The van der Waals surface area contributed by atoms with Crippen LogP contribution in [-0.2, 0) is 12.0 Å². The Kier molecular flexibility index (Phi) is 3.75. The van der Waals surface area contributed by atoms with E-state index in [-0.39, 0.29) is 0 Å². The van der Waals surface area contributed by atoms with E-state index in [1.807, 2.05) is 60.7 Å². The second kappa shape index (κ2) is 5.85. The Balaban J connectivity index is 2.07. The molecule has 104 valence electrons. The van der Waals surface area contributed by atoms with Gasteiger partial charge in [-0.3, -0.25) is 9.97 Å². The summed E-state index contributed by atoms with van der Waals surface area (Å²) < 4.78 is 0. The van der Waals surface area contributed by atoms with E-state index >= 15 is 0 Å². The summed E-state index contributed by atoms with van der Waals surface area (Å²) in [4.78, 5) is 8.38. The number of nitrogens with zero attached hydrogens (tertiary/aromatic N) is 2. The highest BCUT2D eigenvalue weighted by Gasteiger charge is 2.33. The molecule has 0 fully saturated rings. The van der Waals surface area contributed by atoms with Crippen LogP contribution in [0.1, 0.15) is 16.8 Å². The van der Waals surface area contributed by atoms with Gasteiger partial charge in [0.1, 0.15) is 5.60 Å². The number of benzene rings is 1. The lowest BCUT2D eigenvalue weighted by Gasteiger charge is -2.28. The van der Waals surface area contributed by atoms with Gasteiger partial charge in [0.2, 0.25) is 0 Å². The fraction of sp³-hybridized carbons (Fsp3) is 0.111. The van der Waals surface area contributed by atoms with Crippen molar-refractivity contribution in [2.24, 2.45) is 0 Å². The molecular weight excluding hydrogens is 260 g/mol. The average molecular weight is 276 g/mol. The van der Waals surface area contributed by atoms with Crippen LogP contribution in [-0.4, -0.2) is 15.1 Å².